The van der Waals surface area contributed by atoms with Crippen LogP contribution in [0.4, 0.5) is 10.3 Å². The lowest BCUT2D eigenvalue weighted by atomic mass is 9.95. The van der Waals surface area contributed by atoms with Gasteiger partial charge in [-0.15, -0.1) is 10.2 Å². The molecule has 1 aliphatic heterocycles. The molecule has 1 aliphatic carbocycles. The van der Waals surface area contributed by atoms with E-state index in [1.54, 1.807) is 0 Å². The number of carbonyl (C=O) groups is 1. The number of piperidine rings is 1. The van der Waals surface area contributed by atoms with E-state index in [1.165, 1.54) is 11.3 Å². The molecule has 0 atom stereocenters. The third-order valence-corrected chi connectivity index (χ3v) is 7.13. The number of hydrogen-bond donors (Lipinski definition) is 2. The number of likely N-dealkylation sites (tertiary alicyclic amines) is 1. The maximum atomic E-state index is 12.9. The Kier molecular flexibility index (Phi) is 7.10. The Morgan fingerprint density at radius 1 is 1.25 bits per heavy atom. The second-order valence-electron chi connectivity index (χ2n) is 8.25. The second-order valence-corrected chi connectivity index (χ2v) is 9.67. The molecular weight excluding hydrogens is 444 g/mol. The summed E-state index contributed by atoms with van der Waals surface area (Å²) in [6.07, 6.45) is 8.92. The largest absolute Gasteiger partial charge is 0.357 e. The van der Waals surface area contributed by atoms with Gasteiger partial charge in [-0.25, -0.2) is 0 Å². The molecule has 2 fully saturated rings. The van der Waals surface area contributed by atoms with Crippen molar-refractivity contribution in [2.24, 2.45) is 4.99 Å². The number of hydrogen-bond acceptors (Lipinski definition) is 6. The standard InChI is InChI=1S/C23H29ClN6OS/c1-3-4-5-19(25-2)30-14-10-18(11-15-30)26-21-28-29-22(32-21)27-20(31)23(12-13-23)16-6-8-17(24)9-7-16/h4-9,18H,3,10-15H2,1-2H3,(H,26,28)(H,27,29,31)/b5-4-,25-19+. The monoisotopic (exact) mass is 472 g/mol. The van der Waals surface area contributed by atoms with E-state index in [4.69, 9.17) is 11.6 Å². The van der Waals surface area contributed by atoms with E-state index in [1.807, 2.05) is 31.3 Å². The molecule has 0 radical (unpaired) electrons. The molecular formula is C23H29ClN6OS. The highest BCUT2D eigenvalue weighted by Gasteiger charge is 2.51. The number of allylic oxidation sites excluding steroid dienone is 1. The number of anilines is 2. The summed E-state index contributed by atoms with van der Waals surface area (Å²) in [5.74, 6) is 1.02. The van der Waals surface area contributed by atoms with Crippen LogP contribution in [-0.4, -0.2) is 53.0 Å². The third kappa shape index (κ3) is 5.13. The van der Waals surface area contributed by atoms with Crippen LogP contribution in [0.5, 0.6) is 0 Å². The first kappa shape index (κ1) is 22.7. The summed E-state index contributed by atoms with van der Waals surface area (Å²) in [4.78, 5) is 19.7. The predicted molar refractivity (Wildman–Crippen MR) is 132 cm³/mol. The van der Waals surface area contributed by atoms with Gasteiger partial charge in [0, 0.05) is 31.2 Å². The molecule has 2 aromatic rings. The highest BCUT2D eigenvalue weighted by molar-refractivity contribution is 7.19. The van der Waals surface area contributed by atoms with Crippen LogP contribution in [-0.2, 0) is 10.2 Å². The van der Waals surface area contributed by atoms with E-state index >= 15 is 0 Å². The Balaban J connectivity index is 1.30. The van der Waals surface area contributed by atoms with Gasteiger partial charge < -0.3 is 10.2 Å². The van der Waals surface area contributed by atoms with Gasteiger partial charge in [0.1, 0.15) is 5.84 Å². The van der Waals surface area contributed by atoms with Crippen molar-refractivity contribution in [2.75, 3.05) is 30.8 Å². The maximum Gasteiger partial charge on any atom is 0.236 e. The molecule has 4 rings (SSSR count). The third-order valence-electron chi connectivity index (χ3n) is 6.11. The van der Waals surface area contributed by atoms with Crippen molar-refractivity contribution in [2.45, 2.75) is 50.5 Å². The SMILES string of the molecule is CC/C=C\C(=N/C)N1CCC(Nc2nnc(NC(=O)C3(c4ccc(Cl)cc4)CC3)s2)CC1. The van der Waals surface area contributed by atoms with Gasteiger partial charge in [-0.3, -0.25) is 15.1 Å². The van der Waals surface area contributed by atoms with Crippen molar-refractivity contribution in [3.05, 3.63) is 47.0 Å². The summed E-state index contributed by atoms with van der Waals surface area (Å²) < 4.78 is 0. The molecule has 32 heavy (non-hydrogen) atoms. The predicted octanol–water partition coefficient (Wildman–Crippen LogP) is 4.73. The van der Waals surface area contributed by atoms with E-state index < -0.39 is 5.41 Å². The van der Waals surface area contributed by atoms with Gasteiger partial charge in [0.25, 0.3) is 0 Å². The number of nitrogens with zero attached hydrogens (tertiary/aromatic N) is 4. The number of halogens is 1. The summed E-state index contributed by atoms with van der Waals surface area (Å²) in [5, 5.41) is 16.8. The number of aromatic nitrogens is 2. The summed E-state index contributed by atoms with van der Waals surface area (Å²) in [5.41, 5.74) is 0.527. The molecule has 1 aromatic heterocycles. The molecule has 2 heterocycles. The van der Waals surface area contributed by atoms with Crippen LogP contribution < -0.4 is 10.6 Å². The van der Waals surface area contributed by atoms with Crippen molar-refractivity contribution < 1.29 is 4.79 Å². The van der Waals surface area contributed by atoms with Crippen LogP contribution in [0.3, 0.4) is 0 Å². The van der Waals surface area contributed by atoms with Crippen molar-refractivity contribution in [1.82, 2.24) is 15.1 Å². The topological polar surface area (TPSA) is 82.5 Å². The van der Waals surface area contributed by atoms with Crippen LogP contribution in [0.25, 0.3) is 0 Å². The quantitative estimate of drug-likeness (QED) is 0.449. The lowest BCUT2D eigenvalue weighted by molar-refractivity contribution is -0.118. The summed E-state index contributed by atoms with van der Waals surface area (Å²) in [6.45, 7) is 4.02. The number of benzene rings is 1. The van der Waals surface area contributed by atoms with E-state index in [-0.39, 0.29) is 5.91 Å². The minimum Gasteiger partial charge on any atom is -0.357 e. The molecule has 0 bridgehead atoms. The van der Waals surface area contributed by atoms with Crippen molar-refractivity contribution >= 4 is 44.9 Å². The van der Waals surface area contributed by atoms with Gasteiger partial charge >= 0.3 is 0 Å². The van der Waals surface area contributed by atoms with Crippen LogP contribution in [0.1, 0.15) is 44.6 Å². The van der Waals surface area contributed by atoms with Gasteiger partial charge in [0.15, 0.2) is 0 Å². The van der Waals surface area contributed by atoms with Gasteiger partial charge in [-0.2, -0.15) is 0 Å². The molecule has 1 amide bonds. The number of amides is 1. The average molecular weight is 473 g/mol. The Morgan fingerprint density at radius 3 is 2.56 bits per heavy atom. The van der Waals surface area contributed by atoms with Crippen LogP contribution in [0.15, 0.2) is 41.4 Å². The molecule has 0 unspecified atom stereocenters. The molecule has 2 N–H and O–H groups in total. The van der Waals surface area contributed by atoms with E-state index in [0.717, 1.165) is 61.7 Å². The summed E-state index contributed by atoms with van der Waals surface area (Å²) >= 11 is 7.37. The number of nitrogens with one attached hydrogen (secondary N) is 2. The smallest absolute Gasteiger partial charge is 0.236 e. The van der Waals surface area contributed by atoms with Crippen molar-refractivity contribution in [3.8, 4) is 0 Å². The Bertz CT molecular complexity index is 990. The van der Waals surface area contributed by atoms with E-state index in [9.17, 15) is 4.79 Å². The minimum atomic E-state index is -0.471. The molecule has 170 valence electrons. The van der Waals surface area contributed by atoms with Gasteiger partial charge in [-0.1, -0.05) is 48.1 Å². The molecule has 2 aliphatic rings. The number of rotatable bonds is 7. The first-order valence-electron chi connectivity index (χ1n) is 11.1. The minimum absolute atomic E-state index is 0.0256. The zero-order chi connectivity index (χ0) is 22.6. The Morgan fingerprint density at radius 2 is 1.94 bits per heavy atom. The maximum absolute atomic E-state index is 12.9. The fourth-order valence-electron chi connectivity index (χ4n) is 4.06. The molecule has 7 nitrogen and oxygen atoms in total. The summed E-state index contributed by atoms with van der Waals surface area (Å²) in [7, 11) is 1.84. The molecule has 1 aromatic carbocycles. The lowest BCUT2D eigenvalue weighted by Gasteiger charge is -2.33. The highest BCUT2D eigenvalue weighted by Crippen LogP contribution is 2.49. The average Bonchev–Trinajstić information content (AvgIpc) is 3.51. The normalized spacial score (nSPS) is 18.7. The van der Waals surface area contributed by atoms with Crippen LogP contribution in [0.2, 0.25) is 5.02 Å². The lowest BCUT2D eigenvalue weighted by Crippen LogP contribution is -2.41. The highest BCUT2D eigenvalue weighted by atomic mass is 35.5. The van der Waals surface area contributed by atoms with Crippen molar-refractivity contribution in [1.29, 1.82) is 0 Å². The van der Waals surface area contributed by atoms with E-state index in [2.05, 4.69) is 49.8 Å². The van der Waals surface area contributed by atoms with Crippen LogP contribution in [0, 0.1) is 0 Å². The van der Waals surface area contributed by atoms with E-state index in [0.29, 0.717) is 16.2 Å². The molecule has 0 spiro atoms. The zero-order valence-corrected chi connectivity index (χ0v) is 20.0. The first-order valence-corrected chi connectivity index (χ1v) is 12.3. The van der Waals surface area contributed by atoms with Gasteiger partial charge in [0.2, 0.25) is 16.2 Å². The van der Waals surface area contributed by atoms with Gasteiger partial charge in [0.05, 0.1) is 5.41 Å². The Labute approximate surface area is 198 Å². The van der Waals surface area contributed by atoms with Gasteiger partial charge in [-0.05, 0) is 55.9 Å². The zero-order valence-electron chi connectivity index (χ0n) is 18.5. The van der Waals surface area contributed by atoms with Crippen molar-refractivity contribution in [3.63, 3.8) is 0 Å². The number of aliphatic imine (C=N–C) groups is 1. The fourth-order valence-corrected chi connectivity index (χ4v) is 4.90. The number of carbonyl (C=O) groups excluding carboxylic acids is 1. The first-order chi connectivity index (χ1) is 15.5. The molecule has 1 saturated carbocycles. The molecule has 9 heteroatoms. The summed E-state index contributed by atoms with van der Waals surface area (Å²) in [6, 6.07) is 7.86. The number of amidine groups is 1. The van der Waals surface area contributed by atoms with Crippen LogP contribution >= 0.6 is 22.9 Å². The second kappa shape index (κ2) is 10.0. The fraction of sp³-hybridized carbons (Fsp3) is 0.478. The molecule has 1 saturated heterocycles. The Hall–Kier alpha value is -2.45.